The van der Waals surface area contributed by atoms with Gasteiger partial charge >= 0.3 is 5.97 Å². The number of anilines is 1. The summed E-state index contributed by atoms with van der Waals surface area (Å²) in [4.78, 5) is 42.2. The summed E-state index contributed by atoms with van der Waals surface area (Å²) in [5.41, 5.74) is 0.707. The number of thiophene rings is 1. The van der Waals surface area contributed by atoms with Crippen LogP contribution in [-0.4, -0.2) is 30.8 Å². The second kappa shape index (κ2) is 10.3. The van der Waals surface area contributed by atoms with Crippen LogP contribution in [0.1, 0.15) is 98.0 Å². The Labute approximate surface area is 195 Å². The average Bonchev–Trinajstić information content (AvgIpc) is 3.26. The molecule has 1 amide bonds. The predicted molar refractivity (Wildman–Crippen MR) is 127 cm³/mol. The monoisotopic (exact) mass is 457 g/mol. The van der Waals surface area contributed by atoms with Gasteiger partial charge in [-0.3, -0.25) is 9.59 Å². The summed E-state index contributed by atoms with van der Waals surface area (Å²) < 4.78 is 5.13. The number of carbonyl (C=O) groups is 3. The van der Waals surface area contributed by atoms with Crippen molar-refractivity contribution >= 4 is 34.7 Å². The summed E-state index contributed by atoms with van der Waals surface area (Å²) in [6.07, 6.45) is 14.0. The molecule has 0 N–H and O–H groups in total. The quantitative estimate of drug-likeness (QED) is 0.400. The molecular weight excluding hydrogens is 422 g/mol. The number of ether oxygens (including phenoxy) is 1. The molecular formula is C26H35NO4S. The second-order valence-electron chi connectivity index (χ2n) is 9.76. The number of methoxy groups -OCH3 is 1. The number of esters is 1. The van der Waals surface area contributed by atoms with Gasteiger partial charge in [-0.1, -0.05) is 19.1 Å². The molecule has 0 spiro atoms. The lowest BCUT2D eigenvalue weighted by atomic mass is 9.81. The Morgan fingerprint density at radius 1 is 1.06 bits per heavy atom. The summed E-state index contributed by atoms with van der Waals surface area (Å²) in [6.45, 7) is 2.25. The van der Waals surface area contributed by atoms with Gasteiger partial charge < -0.3 is 9.64 Å². The molecule has 0 radical (unpaired) electrons. The molecule has 1 atom stereocenters. The molecule has 0 saturated heterocycles. The van der Waals surface area contributed by atoms with E-state index in [-0.39, 0.29) is 35.5 Å². The molecule has 174 valence electrons. The summed E-state index contributed by atoms with van der Waals surface area (Å²) in [6, 6.07) is 2.03. The average molecular weight is 458 g/mol. The van der Waals surface area contributed by atoms with Gasteiger partial charge in [-0.05, 0) is 69.8 Å². The summed E-state index contributed by atoms with van der Waals surface area (Å²) >= 11 is 1.47. The van der Waals surface area contributed by atoms with Crippen molar-refractivity contribution in [1.29, 1.82) is 0 Å². The van der Waals surface area contributed by atoms with Gasteiger partial charge in [-0.25, -0.2) is 4.79 Å². The molecule has 2 saturated carbocycles. The second-order valence-corrected chi connectivity index (χ2v) is 10.8. The first-order chi connectivity index (χ1) is 15.5. The largest absolute Gasteiger partial charge is 0.465 e. The maximum absolute atomic E-state index is 13.9. The molecule has 5 nitrogen and oxygen atoms in total. The first-order valence-corrected chi connectivity index (χ1v) is 13.0. The summed E-state index contributed by atoms with van der Waals surface area (Å²) in [5, 5.41) is 0. The van der Waals surface area contributed by atoms with E-state index in [1.165, 1.54) is 18.4 Å². The normalized spacial score (nSPS) is 26.7. The standard InChI is InChI=1S/C26H35NO4S/c1-17-8-10-19(11-9-17)25(29)27(20-12-14-21(28)15-13-20)22-16-23(18-6-4-3-5-7-18)32-24(22)26(30)31-2/h4,6,16-20H,3,5,7-15H2,1-2H3. The lowest BCUT2D eigenvalue weighted by molar-refractivity contribution is -0.125. The van der Waals surface area contributed by atoms with Gasteiger partial charge in [0.25, 0.3) is 0 Å². The highest BCUT2D eigenvalue weighted by atomic mass is 32.1. The molecule has 1 heterocycles. The number of allylic oxidation sites excluding steroid dienone is 2. The number of hydrogen-bond acceptors (Lipinski definition) is 5. The number of hydrogen-bond donors (Lipinski definition) is 0. The van der Waals surface area contributed by atoms with Crippen molar-refractivity contribution in [2.75, 3.05) is 12.0 Å². The smallest absolute Gasteiger partial charge is 0.350 e. The van der Waals surface area contributed by atoms with Crippen molar-refractivity contribution in [2.24, 2.45) is 11.8 Å². The van der Waals surface area contributed by atoms with Crippen molar-refractivity contribution in [3.05, 3.63) is 28.0 Å². The molecule has 1 aromatic rings. The van der Waals surface area contributed by atoms with Gasteiger partial charge in [-0.15, -0.1) is 11.3 Å². The van der Waals surface area contributed by atoms with E-state index in [1.54, 1.807) is 0 Å². The Balaban J connectivity index is 1.71. The van der Waals surface area contributed by atoms with E-state index in [2.05, 4.69) is 25.1 Å². The molecule has 1 unspecified atom stereocenters. The predicted octanol–water partition coefficient (Wildman–Crippen LogP) is 6.03. The highest BCUT2D eigenvalue weighted by Gasteiger charge is 2.37. The van der Waals surface area contributed by atoms with E-state index in [1.807, 2.05) is 4.90 Å². The van der Waals surface area contributed by atoms with E-state index in [9.17, 15) is 14.4 Å². The summed E-state index contributed by atoms with van der Waals surface area (Å²) in [7, 11) is 1.40. The fourth-order valence-electron chi connectivity index (χ4n) is 5.43. The maximum atomic E-state index is 13.9. The van der Waals surface area contributed by atoms with Crippen molar-refractivity contribution in [3.63, 3.8) is 0 Å². The minimum atomic E-state index is -0.377. The lowest BCUT2D eigenvalue weighted by Gasteiger charge is -2.37. The molecule has 6 heteroatoms. The van der Waals surface area contributed by atoms with Crippen LogP contribution in [0.25, 0.3) is 0 Å². The molecule has 32 heavy (non-hydrogen) atoms. The first-order valence-electron chi connectivity index (χ1n) is 12.2. The first kappa shape index (κ1) is 23.2. The SMILES string of the molecule is COC(=O)c1sc(C2C=CCCC2)cc1N(C(=O)C1CCC(C)CC1)C1CCC(=O)CC1. The maximum Gasteiger partial charge on any atom is 0.350 e. The van der Waals surface area contributed by atoms with Gasteiger partial charge in [0, 0.05) is 35.6 Å². The molecule has 3 aliphatic carbocycles. The highest BCUT2D eigenvalue weighted by molar-refractivity contribution is 7.14. The van der Waals surface area contributed by atoms with Crippen LogP contribution < -0.4 is 4.90 Å². The zero-order chi connectivity index (χ0) is 22.7. The Morgan fingerprint density at radius 3 is 2.41 bits per heavy atom. The van der Waals surface area contributed by atoms with Gasteiger partial charge in [0.2, 0.25) is 5.91 Å². The number of Topliss-reactive ketones (excluding diaryl/α,β-unsaturated/α-hetero) is 1. The van der Waals surface area contributed by atoms with Crippen LogP contribution in [0.3, 0.4) is 0 Å². The number of nitrogens with zero attached hydrogens (tertiary/aromatic N) is 1. The van der Waals surface area contributed by atoms with Crippen LogP contribution >= 0.6 is 11.3 Å². The molecule has 4 rings (SSSR count). The Bertz CT molecular complexity index is 870. The Morgan fingerprint density at radius 2 is 1.78 bits per heavy atom. The van der Waals surface area contributed by atoms with Gasteiger partial charge in [0.1, 0.15) is 10.7 Å². The van der Waals surface area contributed by atoms with Crippen molar-refractivity contribution in [2.45, 2.75) is 89.5 Å². The van der Waals surface area contributed by atoms with Crippen LogP contribution in [0.15, 0.2) is 18.2 Å². The number of rotatable bonds is 5. The lowest BCUT2D eigenvalue weighted by Crippen LogP contribution is -2.46. The molecule has 0 aliphatic heterocycles. The van der Waals surface area contributed by atoms with Crippen molar-refractivity contribution < 1.29 is 19.1 Å². The fraction of sp³-hybridized carbons (Fsp3) is 0.654. The third-order valence-corrected chi connectivity index (χ3v) is 8.70. The van der Waals surface area contributed by atoms with Gasteiger partial charge in [0.05, 0.1) is 12.8 Å². The van der Waals surface area contributed by atoms with Crippen LogP contribution in [0.5, 0.6) is 0 Å². The van der Waals surface area contributed by atoms with Gasteiger partial charge in [0.15, 0.2) is 0 Å². The molecule has 0 aromatic carbocycles. The fourth-order valence-corrected chi connectivity index (χ4v) is 6.61. The van der Waals surface area contributed by atoms with E-state index in [0.29, 0.717) is 42.2 Å². The van der Waals surface area contributed by atoms with E-state index < -0.39 is 0 Å². The van der Waals surface area contributed by atoms with Crippen LogP contribution in [0.4, 0.5) is 5.69 Å². The summed E-state index contributed by atoms with van der Waals surface area (Å²) in [5.74, 6) is 0.962. The van der Waals surface area contributed by atoms with Crippen molar-refractivity contribution in [1.82, 2.24) is 0 Å². The minimum absolute atomic E-state index is 0.00717. The zero-order valence-corrected chi connectivity index (χ0v) is 20.1. The Kier molecular flexibility index (Phi) is 7.49. The number of amides is 1. The van der Waals surface area contributed by atoms with E-state index >= 15 is 0 Å². The Hall–Kier alpha value is -1.95. The van der Waals surface area contributed by atoms with Crippen LogP contribution in [0.2, 0.25) is 0 Å². The van der Waals surface area contributed by atoms with E-state index in [0.717, 1.165) is 49.8 Å². The molecule has 3 aliphatic rings. The third-order valence-electron chi connectivity index (χ3n) is 7.46. The number of carbonyl (C=O) groups excluding carboxylic acids is 3. The topological polar surface area (TPSA) is 63.7 Å². The molecule has 2 fully saturated rings. The molecule has 1 aromatic heterocycles. The third kappa shape index (κ3) is 5.00. The number of ketones is 1. The van der Waals surface area contributed by atoms with Crippen LogP contribution in [-0.2, 0) is 14.3 Å². The highest BCUT2D eigenvalue weighted by Crippen LogP contribution is 2.42. The van der Waals surface area contributed by atoms with Crippen LogP contribution in [0, 0.1) is 11.8 Å². The zero-order valence-electron chi connectivity index (χ0n) is 19.3. The van der Waals surface area contributed by atoms with Crippen molar-refractivity contribution in [3.8, 4) is 0 Å². The van der Waals surface area contributed by atoms with Gasteiger partial charge in [-0.2, -0.15) is 0 Å². The van der Waals surface area contributed by atoms with E-state index in [4.69, 9.17) is 4.74 Å². The molecule has 0 bridgehead atoms. The minimum Gasteiger partial charge on any atom is -0.465 e.